The Hall–Kier alpha value is -3.36. The molecule has 2 atom stereocenters. The molecule has 164 valence electrons. The van der Waals surface area contributed by atoms with Crippen LogP contribution in [0.5, 0.6) is 5.75 Å². The summed E-state index contributed by atoms with van der Waals surface area (Å²) in [5, 5.41) is 3.40. The van der Waals surface area contributed by atoms with Gasteiger partial charge in [-0.05, 0) is 36.4 Å². The maximum atomic E-state index is 5.94. The van der Waals surface area contributed by atoms with Gasteiger partial charge in [0.05, 0.1) is 25.5 Å². The van der Waals surface area contributed by atoms with Gasteiger partial charge in [-0.25, -0.2) is 4.98 Å². The van der Waals surface area contributed by atoms with Crippen molar-refractivity contribution in [2.24, 2.45) is 0 Å². The van der Waals surface area contributed by atoms with Gasteiger partial charge in [-0.3, -0.25) is 4.98 Å². The molecular weight excluding hydrogens is 406 g/mol. The molecule has 0 bridgehead atoms. The largest absolute Gasteiger partial charge is 0.488 e. The number of morpholine rings is 1. The van der Waals surface area contributed by atoms with Crippen LogP contribution in [0.4, 0.5) is 17.2 Å². The molecule has 6 rings (SSSR count). The van der Waals surface area contributed by atoms with Crippen LogP contribution in [0.2, 0.25) is 0 Å². The van der Waals surface area contributed by atoms with E-state index in [0.717, 1.165) is 61.4 Å². The lowest BCUT2D eigenvalue weighted by Crippen LogP contribution is -2.37. The van der Waals surface area contributed by atoms with Crippen molar-refractivity contribution in [3.63, 3.8) is 0 Å². The number of anilines is 3. The smallest absolute Gasteiger partial charge is 0.179 e. The van der Waals surface area contributed by atoms with Gasteiger partial charge in [0, 0.05) is 42.4 Å². The van der Waals surface area contributed by atoms with Gasteiger partial charge in [0.25, 0.3) is 0 Å². The molecule has 0 aliphatic carbocycles. The second kappa shape index (κ2) is 8.29. The summed E-state index contributed by atoms with van der Waals surface area (Å²) in [7, 11) is 0. The van der Waals surface area contributed by atoms with E-state index in [1.807, 2.05) is 24.3 Å². The number of hydrogen-bond acceptors (Lipinski definition) is 8. The Morgan fingerprint density at radius 1 is 0.938 bits per heavy atom. The first-order chi connectivity index (χ1) is 15.8. The molecule has 3 aliphatic rings. The molecule has 0 spiro atoms. The number of aromatic nitrogens is 2. The summed E-state index contributed by atoms with van der Waals surface area (Å²) in [4.78, 5) is 13.6. The SMILES string of the molecule is c1cc(-c2ccc3c(n2)N(C2OC2Nc2ccncc2)CCO3)cc(N2CCOCC2)c1. The molecule has 2 aromatic heterocycles. The first-order valence-corrected chi connectivity index (χ1v) is 11.0. The third-order valence-corrected chi connectivity index (χ3v) is 5.98. The van der Waals surface area contributed by atoms with Gasteiger partial charge in [0.2, 0.25) is 0 Å². The topological polar surface area (TPSA) is 75.3 Å². The summed E-state index contributed by atoms with van der Waals surface area (Å²) in [5.41, 5.74) is 4.20. The van der Waals surface area contributed by atoms with E-state index < -0.39 is 0 Å². The number of hydrogen-bond donors (Lipinski definition) is 1. The van der Waals surface area contributed by atoms with Gasteiger partial charge in [-0.15, -0.1) is 0 Å². The first kappa shape index (κ1) is 19.3. The predicted molar refractivity (Wildman–Crippen MR) is 122 cm³/mol. The molecule has 32 heavy (non-hydrogen) atoms. The van der Waals surface area contributed by atoms with Crippen LogP contribution < -0.4 is 19.9 Å². The third-order valence-electron chi connectivity index (χ3n) is 5.98. The van der Waals surface area contributed by atoms with E-state index in [9.17, 15) is 0 Å². The molecule has 0 radical (unpaired) electrons. The average Bonchev–Trinajstić information content (AvgIpc) is 3.63. The summed E-state index contributed by atoms with van der Waals surface area (Å²) in [6.07, 6.45) is 3.37. The van der Waals surface area contributed by atoms with Crippen LogP contribution >= 0.6 is 0 Å². The van der Waals surface area contributed by atoms with Crippen molar-refractivity contribution in [2.45, 2.75) is 12.5 Å². The number of fused-ring (bicyclic) bond motifs is 1. The third kappa shape index (κ3) is 3.83. The Morgan fingerprint density at radius 3 is 2.69 bits per heavy atom. The van der Waals surface area contributed by atoms with Gasteiger partial charge in [-0.2, -0.15) is 0 Å². The molecule has 5 heterocycles. The zero-order valence-corrected chi connectivity index (χ0v) is 17.7. The monoisotopic (exact) mass is 431 g/mol. The molecule has 3 aromatic rings. The lowest BCUT2D eigenvalue weighted by molar-refractivity contribution is 0.122. The molecule has 1 aromatic carbocycles. The molecular formula is C24H25N5O3. The Bertz CT molecular complexity index is 1090. The quantitative estimate of drug-likeness (QED) is 0.618. The van der Waals surface area contributed by atoms with E-state index in [2.05, 4.69) is 44.4 Å². The van der Waals surface area contributed by atoms with Crippen LogP contribution in [-0.4, -0.2) is 61.9 Å². The number of epoxide rings is 1. The average molecular weight is 431 g/mol. The molecule has 0 saturated carbocycles. The van der Waals surface area contributed by atoms with Gasteiger partial charge in [-0.1, -0.05) is 12.1 Å². The van der Waals surface area contributed by atoms with Gasteiger partial charge < -0.3 is 29.3 Å². The number of pyridine rings is 2. The zero-order valence-electron chi connectivity index (χ0n) is 17.7. The highest BCUT2D eigenvalue weighted by atomic mass is 16.6. The van der Waals surface area contributed by atoms with Crippen LogP contribution in [-0.2, 0) is 9.47 Å². The van der Waals surface area contributed by atoms with Gasteiger partial charge in [0.15, 0.2) is 24.0 Å². The Balaban J connectivity index is 1.24. The van der Waals surface area contributed by atoms with Crippen LogP contribution in [0.1, 0.15) is 0 Å². The highest BCUT2D eigenvalue weighted by molar-refractivity contribution is 5.70. The number of rotatable bonds is 5. The highest BCUT2D eigenvalue weighted by Gasteiger charge is 2.46. The summed E-state index contributed by atoms with van der Waals surface area (Å²) in [6.45, 7) is 4.70. The molecule has 8 heteroatoms. The fraction of sp³-hybridized carbons (Fsp3) is 0.333. The van der Waals surface area contributed by atoms with E-state index in [4.69, 9.17) is 19.2 Å². The van der Waals surface area contributed by atoms with Crippen molar-refractivity contribution < 1.29 is 14.2 Å². The lowest BCUT2D eigenvalue weighted by atomic mass is 10.1. The second-order valence-electron chi connectivity index (χ2n) is 8.04. The first-order valence-electron chi connectivity index (χ1n) is 11.0. The van der Waals surface area contributed by atoms with Gasteiger partial charge in [0.1, 0.15) is 6.61 Å². The summed E-state index contributed by atoms with van der Waals surface area (Å²) >= 11 is 0. The number of ether oxygens (including phenoxy) is 3. The predicted octanol–water partition coefficient (Wildman–Crippen LogP) is 2.97. The van der Waals surface area contributed by atoms with Gasteiger partial charge >= 0.3 is 0 Å². The zero-order chi connectivity index (χ0) is 21.3. The van der Waals surface area contributed by atoms with Crippen LogP contribution in [0, 0.1) is 0 Å². The van der Waals surface area contributed by atoms with Crippen LogP contribution in [0.25, 0.3) is 11.3 Å². The number of nitrogens with one attached hydrogen (secondary N) is 1. The highest BCUT2D eigenvalue weighted by Crippen LogP contribution is 2.39. The lowest BCUT2D eigenvalue weighted by Gasteiger charge is -2.30. The fourth-order valence-electron chi connectivity index (χ4n) is 4.27. The van der Waals surface area contributed by atoms with Crippen molar-refractivity contribution in [3.05, 3.63) is 60.9 Å². The van der Waals surface area contributed by atoms with E-state index in [1.165, 1.54) is 5.69 Å². The molecule has 2 saturated heterocycles. The Kier molecular flexibility index (Phi) is 5.01. The van der Waals surface area contributed by atoms with Crippen molar-refractivity contribution >= 4 is 17.2 Å². The molecule has 2 fully saturated rings. The van der Waals surface area contributed by atoms with Crippen molar-refractivity contribution in [3.8, 4) is 17.0 Å². The Morgan fingerprint density at radius 2 is 1.81 bits per heavy atom. The van der Waals surface area contributed by atoms with Crippen molar-refractivity contribution in [1.82, 2.24) is 9.97 Å². The minimum absolute atomic E-state index is 0.0757. The van der Waals surface area contributed by atoms with E-state index in [0.29, 0.717) is 6.61 Å². The minimum Gasteiger partial charge on any atom is -0.488 e. The fourth-order valence-corrected chi connectivity index (χ4v) is 4.27. The normalized spacial score (nSPS) is 22.1. The van der Waals surface area contributed by atoms with E-state index in [-0.39, 0.29) is 12.5 Å². The standard InChI is InChI=1S/C24H25N5O3/c1-2-17(16-19(3-1)28-10-13-30-14-11-28)20-4-5-21-22(27-20)29(12-15-31-21)24-23(32-24)26-18-6-8-25-9-7-18/h1-9,16,23-24H,10-15H2,(H,25,26). The molecule has 8 nitrogen and oxygen atoms in total. The Labute approximate surface area is 186 Å². The molecule has 0 amide bonds. The number of nitrogens with zero attached hydrogens (tertiary/aromatic N) is 4. The van der Waals surface area contributed by atoms with Crippen molar-refractivity contribution in [1.29, 1.82) is 0 Å². The summed E-state index contributed by atoms with van der Waals surface area (Å²) < 4.78 is 17.3. The molecule has 3 aliphatic heterocycles. The number of benzene rings is 1. The van der Waals surface area contributed by atoms with Crippen LogP contribution in [0.3, 0.4) is 0 Å². The van der Waals surface area contributed by atoms with E-state index >= 15 is 0 Å². The van der Waals surface area contributed by atoms with Crippen molar-refractivity contribution in [2.75, 3.05) is 54.6 Å². The van der Waals surface area contributed by atoms with Crippen LogP contribution in [0.15, 0.2) is 60.9 Å². The maximum absolute atomic E-state index is 5.94. The minimum atomic E-state index is -0.0848. The summed E-state index contributed by atoms with van der Waals surface area (Å²) in [6, 6.07) is 16.5. The second-order valence-corrected chi connectivity index (χ2v) is 8.04. The maximum Gasteiger partial charge on any atom is 0.179 e. The summed E-state index contributed by atoms with van der Waals surface area (Å²) in [5.74, 6) is 1.62. The molecule has 2 unspecified atom stereocenters. The molecule has 1 N–H and O–H groups in total. The van der Waals surface area contributed by atoms with E-state index in [1.54, 1.807) is 12.4 Å².